The van der Waals surface area contributed by atoms with Gasteiger partial charge in [-0.15, -0.1) is 11.3 Å². The number of thiazole rings is 1. The molecule has 0 aliphatic heterocycles. The summed E-state index contributed by atoms with van der Waals surface area (Å²) in [7, 11) is 0. The van der Waals surface area contributed by atoms with Crippen LogP contribution in [0.3, 0.4) is 0 Å². The van der Waals surface area contributed by atoms with E-state index in [4.69, 9.17) is 9.84 Å². The molecule has 0 aliphatic carbocycles. The minimum absolute atomic E-state index is 0.170. The molecule has 0 radical (unpaired) electrons. The summed E-state index contributed by atoms with van der Waals surface area (Å²) in [5, 5.41) is 9.77. The molecular formula is C14H15NO3S. The van der Waals surface area contributed by atoms with Crippen molar-refractivity contribution in [1.82, 2.24) is 4.98 Å². The molecule has 19 heavy (non-hydrogen) atoms. The van der Waals surface area contributed by atoms with Gasteiger partial charge in [0, 0.05) is 11.3 Å². The van der Waals surface area contributed by atoms with Gasteiger partial charge in [-0.2, -0.15) is 0 Å². The monoisotopic (exact) mass is 277 g/mol. The summed E-state index contributed by atoms with van der Waals surface area (Å²) in [6.45, 7) is 2.39. The van der Waals surface area contributed by atoms with Crippen LogP contribution in [0.5, 0.6) is 5.75 Å². The number of carboxylic acids is 1. The maximum Gasteiger partial charge on any atom is 0.355 e. The molecule has 1 aromatic heterocycles. The number of rotatable bonds is 6. The van der Waals surface area contributed by atoms with Crippen LogP contribution in [0.25, 0.3) is 0 Å². The van der Waals surface area contributed by atoms with Crippen LogP contribution >= 0.6 is 11.3 Å². The highest BCUT2D eigenvalue weighted by molar-refractivity contribution is 7.11. The van der Waals surface area contributed by atoms with Gasteiger partial charge >= 0.3 is 5.97 Å². The van der Waals surface area contributed by atoms with Crippen LogP contribution < -0.4 is 4.74 Å². The Bertz CT molecular complexity index is 551. The van der Waals surface area contributed by atoms with E-state index >= 15 is 0 Å². The number of aromatic carboxylic acids is 1. The number of hydrogen-bond acceptors (Lipinski definition) is 4. The highest BCUT2D eigenvalue weighted by Crippen LogP contribution is 2.19. The van der Waals surface area contributed by atoms with Gasteiger partial charge in [0.15, 0.2) is 5.69 Å². The van der Waals surface area contributed by atoms with Crippen molar-refractivity contribution < 1.29 is 14.6 Å². The predicted octanol–water partition coefficient (Wildman–Crippen LogP) is 3.16. The highest BCUT2D eigenvalue weighted by Gasteiger charge is 2.13. The smallest absolute Gasteiger partial charge is 0.355 e. The fourth-order valence-electron chi connectivity index (χ4n) is 1.69. The molecule has 0 saturated heterocycles. The number of nitrogens with zero attached hydrogens (tertiary/aromatic N) is 1. The summed E-state index contributed by atoms with van der Waals surface area (Å²) in [4.78, 5) is 15.7. The summed E-state index contributed by atoms with van der Waals surface area (Å²) < 4.78 is 5.57. The zero-order valence-corrected chi connectivity index (χ0v) is 11.4. The zero-order chi connectivity index (χ0) is 13.7. The molecule has 2 rings (SSSR count). The molecule has 0 amide bonds. The zero-order valence-electron chi connectivity index (χ0n) is 10.6. The lowest BCUT2D eigenvalue weighted by Gasteiger charge is -2.04. The summed E-state index contributed by atoms with van der Waals surface area (Å²) in [5.41, 5.74) is 0.170. The number of hydrogen-bond donors (Lipinski definition) is 1. The van der Waals surface area contributed by atoms with Crippen molar-refractivity contribution in [2.75, 3.05) is 6.61 Å². The molecule has 100 valence electrons. The van der Waals surface area contributed by atoms with Gasteiger partial charge in [0.1, 0.15) is 5.75 Å². The van der Waals surface area contributed by atoms with Gasteiger partial charge in [0.25, 0.3) is 0 Å². The molecule has 1 N–H and O–H groups in total. The lowest BCUT2D eigenvalue weighted by atomic mass is 10.3. The Labute approximate surface area is 115 Å². The van der Waals surface area contributed by atoms with E-state index in [0.717, 1.165) is 28.5 Å². The normalized spacial score (nSPS) is 10.4. The summed E-state index contributed by atoms with van der Waals surface area (Å²) >= 11 is 1.44. The Morgan fingerprint density at radius 1 is 1.37 bits per heavy atom. The number of aryl methyl sites for hydroxylation is 2. The van der Waals surface area contributed by atoms with E-state index in [-0.39, 0.29) is 5.69 Å². The Balaban J connectivity index is 1.80. The van der Waals surface area contributed by atoms with Crippen LogP contribution in [-0.4, -0.2) is 22.7 Å². The van der Waals surface area contributed by atoms with Gasteiger partial charge in [-0.25, -0.2) is 9.78 Å². The molecule has 0 atom stereocenters. The molecule has 1 aromatic carbocycles. The molecule has 1 heterocycles. The molecule has 0 fully saturated rings. The van der Waals surface area contributed by atoms with E-state index in [1.54, 1.807) is 6.92 Å². The second kappa shape index (κ2) is 6.33. The number of para-hydroxylation sites is 1. The summed E-state index contributed by atoms with van der Waals surface area (Å²) in [5.74, 6) is -0.107. The Hall–Kier alpha value is -1.88. The van der Waals surface area contributed by atoms with Gasteiger partial charge in [0.2, 0.25) is 0 Å². The number of aromatic nitrogens is 1. The van der Waals surface area contributed by atoms with E-state index in [1.165, 1.54) is 11.3 Å². The topological polar surface area (TPSA) is 59.4 Å². The van der Waals surface area contributed by atoms with E-state index < -0.39 is 5.97 Å². The number of carbonyl (C=O) groups is 1. The van der Waals surface area contributed by atoms with Gasteiger partial charge in [0.05, 0.1) is 11.6 Å². The molecule has 5 heteroatoms. The van der Waals surface area contributed by atoms with Crippen LogP contribution in [0.15, 0.2) is 30.3 Å². The van der Waals surface area contributed by atoms with Crippen molar-refractivity contribution in [2.24, 2.45) is 0 Å². The highest BCUT2D eigenvalue weighted by atomic mass is 32.1. The maximum absolute atomic E-state index is 10.9. The first-order valence-corrected chi connectivity index (χ1v) is 6.86. The van der Waals surface area contributed by atoms with Crippen molar-refractivity contribution in [2.45, 2.75) is 19.8 Å². The van der Waals surface area contributed by atoms with Crippen LogP contribution in [-0.2, 0) is 6.42 Å². The van der Waals surface area contributed by atoms with Gasteiger partial charge < -0.3 is 9.84 Å². The summed E-state index contributed by atoms with van der Waals surface area (Å²) in [6.07, 6.45) is 1.56. The molecule has 4 nitrogen and oxygen atoms in total. The molecule has 0 spiro atoms. The van der Waals surface area contributed by atoms with Crippen molar-refractivity contribution in [3.63, 3.8) is 0 Å². The van der Waals surface area contributed by atoms with Crippen molar-refractivity contribution >= 4 is 17.3 Å². The number of carboxylic acid groups (broad SMARTS) is 1. The third kappa shape index (κ3) is 3.79. The molecule has 2 aromatic rings. The second-order valence-electron chi connectivity index (χ2n) is 4.08. The maximum atomic E-state index is 10.9. The Kier molecular flexibility index (Phi) is 4.52. The predicted molar refractivity (Wildman–Crippen MR) is 74.1 cm³/mol. The van der Waals surface area contributed by atoms with Gasteiger partial charge in [-0.1, -0.05) is 18.2 Å². The molecule has 0 unspecified atom stereocenters. The first-order chi connectivity index (χ1) is 9.16. The second-order valence-corrected chi connectivity index (χ2v) is 5.37. The van der Waals surface area contributed by atoms with Gasteiger partial charge in [-0.3, -0.25) is 0 Å². The third-order valence-electron chi connectivity index (χ3n) is 2.59. The Morgan fingerprint density at radius 3 is 2.74 bits per heavy atom. The first kappa shape index (κ1) is 13.5. The fraction of sp³-hybridized carbons (Fsp3) is 0.286. The van der Waals surface area contributed by atoms with Crippen molar-refractivity contribution in [1.29, 1.82) is 0 Å². The van der Waals surface area contributed by atoms with E-state index in [0.29, 0.717) is 6.61 Å². The van der Waals surface area contributed by atoms with Gasteiger partial charge in [-0.05, 0) is 25.5 Å². The molecule has 0 bridgehead atoms. The van der Waals surface area contributed by atoms with Crippen molar-refractivity contribution in [3.05, 3.63) is 45.9 Å². The van der Waals surface area contributed by atoms with Crippen LogP contribution in [0.2, 0.25) is 0 Å². The van der Waals surface area contributed by atoms with Crippen LogP contribution in [0.1, 0.15) is 26.8 Å². The van der Waals surface area contributed by atoms with E-state index in [1.807, 2.05) is 30.3 Å². The van der Waals surface area contributed by atoms with Crippen molar-refractivity contribution in [3.8, 4) is 5.75 Å². The molecular weight excluding hydrogens is 262 g/mol. The fourth-order valence-corrected chi connectivity index (χ4v) is 2.65. The molecule has 0 aliphatic rings. The average Bonchev–Trinajstić information content (AvgIpc) is 2.77. The number of benzene rings is 1. The average molecular weight is 277 g/mol. The lowest BCUT2D eigenvalue weighted by Crippen LogP contribution is -2.01. The SMILES string of the molecule is Cc1sc(CCCOc2ccccc2)nc1C(=O)O. The minimum atomic E-state index is -0.958. The largest absolute Gasteiger partial charge is 0.494 e. The third-order valence-corrected chi connectivity index (χ3v) is 3.62. The van der Waals surface area contributed by atoms with Crippen LogP contribution in [0, 0.1) is 6.92 Å². The molecule has 0 saturated carbocycles. The van der Waals surface area contributed by atoms with E-state index in [9.17, 15) is 4.79 Å². The first-order valence-electron chi connectivity index (χ1n) is 6.04. The van der Waals surface area contributed by atoms with E-state index in [2.05, 4.69) is 4.98 Å². The number of ether oxygens (including phenoxy) is 1. The van der Waals surface area contributed by atoms with Crippen LogP contribution in [0.4, 0.5) is 0 Å². The minimum Gasteiger partial charge on any atom is -0.494 e. The quantitative estimate of drug-likeness (QED) is 0.824. The standard InChI is InChI=1S/C14H15NO3S/c1-10-13(14(16)17)15-12(19-10)8-5-9-18-11-6-3-2-4-7-11/h2-4,6-7H,5,8-9H2,1H3,(H,16,17). The Morgan fingerprint density at radius 2 is 2.11 bits per heavy atom. The lowest BCUT2D eigenvalue weighted by molar-refractivity contribution is 0.0690. The summed E-state index contributed by atoms with van der Waals surface area (Å²) in [6, 6.07) is 9.63.